The fourth-order valence-electron chi connectivity index (χ4n) is 3.36. The molecule has 0 amide bonds. The van der Waals surface area contributed by atoms with E-state index in [-0.39, 0.29) is 4.90 Å². The third-order valence-corrected chi connectivity index (χ3v) is 6.12. The van der Waals surface area contributed by atoms with Crippen LogP contribution < -0.4 is 10.7 Å². The van der Waals surface area contributed by atoms with Gasteiger partial charge in [-0.15, -0.1) is 0 Å². The maximum Gasteiger partial charge on any atom is 0.337 e. The van der Waals surface area contributed by atoms with E-state index in [0.29, 0.717) is 22.4 Å². The molecule has 2 N–H and O–H groups in total. The van der Waals surface area contributed by atoms with Crippen molar-refractivity contribution in [2.75, 3.05) is 12.0 Å². The predicted octanol–water partition coefficient (Wildman–Crippen LogP) is 2.55. The Morgan fingerprint density at radius 1 is 1.03 bits per heavy atom. The highest BCUT2D eigenvalue weighted by Gasteiger charge is 2.34. The highest BCUT2D eigenvalue weighted by molar-refractivity contribution is 7.86. The molecule has 0 saturated heterocycles. The number of carbonyl (C=O) groups is 1. The van der Waals surface area contributed by atoms with Crippen LogP contribution in [0.3, 0.4) is 0 Å². The molecule has 1 aliphatic heterocycles. The van der Waals surface area contributed by atoms with Crippen LogP contribution in [0, 0.1) is 20.8 Å². The van der Waals surface area contributed by atoms with E-state index < -0.39 is 22.4 Å². The lowest BCUT2D eigenvalue weighted by molar-refractivity contribution is 0.0600. The summed E-state index contributed by atoms with van der Waals surface area (Å²) in [6.07, 6.45) is 2.00. The quantitative estimate of drug-likeness (QED) is 0.450. The van der Waals surface area contributed by atoms with Crippen LogP contribution in [0.2, 0.25) is 0 Å². The Morgan fingerprint density at radius 2 is 1.62 bits per heavy atom. The lowest BCUT2D eigenvalue weighted by atomic mass is 10.1. The number of nitrogens with zero attached hydrogens (tertiary/aromatic N) is 2. The molecule has 154 valence electrons. The first-order valence-corrected chi connectivity index (χ1v) is 10.2. The molecule has 0 saturated carbocycles. The summed E-state index contributed by atoms with van der Waals surface area (Å²) in [6.45, 7) is 5.36. The highest BCUT2D eigenvalue weighted by Crippen LogP contribution is 2.29. The van der Waals surface area contributed by atoms with E-state index in [1.165, 1.54) is 13.3 Å². The molecule has 0 fully saturated rings. The van der Waals surface area contributed by atoms with Crippen molar-refractivity contribution in [3.05, 3.63) is 71.1 Å². The summed E-state index contributed by atoms with van der Waals surface area (Å²) >= 11 is 0. The van der Waals surface area contributed by atoms with E-state index in [9.17, 15) is 13.2 Å². The van der Waals surface area contributed by atoms with Crippen molar-refractivity contribution in [2.45, 2.75) is 32.0 Å². The van der Waals surface area contributed by atoms with Crippen LogP contribution in [0.4, 0.5) is 5.69 Å². The molecule has 0 radical (unpaired) electrons. The van der Waals surface area contributed by atoms with Crippen molar-refractivity contribution in [2.24, 2.45) is 5.84 Å². The summed E-state index contributed by atoms with van der Waals surface area (Å²) in [5.41, 5.74) is 3.14. The minimum atomic E-state index is -4.10. The number of hydrazine groups is 1. The number of carbonyl (C=O) groups excluding carboxylic acids is 1. The predicted molar refractivity (Wildman–Crippen MR) is 108 cm³/mol. The molecular weight excluding hydrogens is 394 g/mol. The van der Waals surface area contributed by atoms with Gasteiger partial charge in [-0.3, -0.25) is 5.01 Å². The molecule has 2 aromatic rings. The van der Waals surface area contributed by atoms with Crippen molar-refractivity contribution >= 4 is 21.8 Å². The van der Waals surface area contributed by atoms with E-state index in [4.69, 9.17) is 10.0 Å². The van der Waals surface area contributed by atoms with Gasteiger partial charge >= 0.3 is 16.1 Å². The largest absolute Gasteiger partial charge is 0.465 e. The van der Waals surface area contributed by atoms with Crippen LogP contribution in [0.25, 0.3) is 0 Å². The Balaban J connectivity index is 1.90. The van der Waals surface area contributed by atoms with Gasteiger partial charge in [0.2, 0.25) is 6.35 Å². The molecule has 0 bridgehead atoms. The van der Waals surface area contributed by atoms with Crippen molar-refractivity contribution in [1.82, 2.24) is 5.01 Å². The zero-order chi connectivity index (χ0) is 21.3. The second-order valence-corrected chi connectivity index (χ2v) is 8.30. The second kappa shape index (κ2) is 7.86. The SMILES string of the molecule is COC(=O)c1ccc(N2C=CN(N)C2OS(=O)(=O)c2c(C)cc(C)cc2C)cc1. The first-order valence-electron chi connectivity index (χ1n) is 8.83. The number of hydrogen-bond donors (Lipinski definition) is 1. The molecule has 1 heterocycles. The van der Waals surface area contributed by atoms with Crippen molar-refractivity contribution in [3.63, 3.8) is 0 Å². The molecule has 9 heteroatoms. The molecule has 3 rings (SSSR count). The van der Waals surface area contributed by atoms with Crippen molar-refractivity contribution in [3.8, 4) is 0 Å². The van der Waals surface area contributed by atoms with Gasteiger partial charge in [0.25, 0.3) is 0 Å². The number of nitrogens with two attached hydrogens (primary N) is 1. The molecule has 1 aliphatic rings. The number of hydrogen-bond acceptors (Lipinski definition) is 8. The average molecular weight is 417 g/mol. The van der Waals surface area contributed by atoms with E-state index >= 15 is 0 Å². The molecule has 0 aromatic heterocycles. The number of ether oxygens (including phenoxy) is 1. The van der Waals surface area contributed by atoms with Gasteiger partial charge in [-0.05, 0) is 56.2 Å². The fraction of sp³-hybridized carbons (Fsp3) is 0.250. The molecule has 2 aromatic carbocycles. The lowest BCUT2D eigenvalue weighted by Crippen LogP contribution is -2.45. The van der Waals surface area contributed by atoms with Crippen LogP contribution in [0.15, 0.2) is 53.7 Å². The maximum atomic E-state index is 13.0. The van der Waals surface area contributed by atoms with Gasteiger partial charge in [-0.25, -0.2) is 14.8 Å². The van der Waals surface area contributed by atoms with Gasteiger partial charge in [0.15, 0.2) is 0 Å². The molecule has 8 nitrogen and oxygen atoms in total. The first-order chi connectivity index (χ1) is 13.6. The Bertz CT molecular complexity index is 1040. The van der Waals surface area contributed by atoms with Gasteiger partial charge in [0, 0.05) is 18.1 Å². The topological polar surface area (TPSA) is 102 Å². The summed E-state index contributed by atoms with van der Waals surface area (Å²) in [5, 5.41) is 1.16. The summed E-state index contributed by atoms with van der Waals surface area (Å²) in [6, 6.07) is 10.0. The lowest BCUT2D eigenvalue weighted by Gasteiger charge is -2.29. The van der Waals surface area contributed by atoms with Crippen LogP contribution in [0.1, 0.15) is 27.0 Å². The summed E-state index contributed by atoms with van der Waals surface area (Å²) < 4.78 is 36.2. The first kappa shape index (κ1) is 20.8. The molecule has 29 heavy (non-hydrogen) atoms. The van der Waals surface area contributed by atoms with Crippen LogP contribution >= 0.6 is 0 Å². The number of anilines is 1. The fourth-order valence-corrected chi connectivity index (χ4v) is 4.78. The Labute approximate surface area is 170 Å². The zero-order valence-corrected chi connectivity index (χ0v) is 17.4. The van der Waals surface area contributed by atoms with Gasteiger partial charge in [-0.1, -0.05) is 17.7 Å². The minimum Gasteiger partial charge on any atom is -0.465 e. The molecule has 1 unspecified atom stereocenters. The Kier molecular flexibility index (Phi) is 5.65. The summed E-state index contributed by atoms with van der Waals surface area (Å²) in [7, 11) is -2.80. The van der Waals surface area contributed by atoms with Crippen molar-refractivity contribution < 1.29 is 22.1 Å². The number of rotatable bonds is 5. The zero-order valence-electron chi connectivity index (χ0n) is 16.6. The molecule has 0 spiro atoms. The number of benzene rings is 2. The standard InChI is InChI=1S/C20H23N3O5S/c1-13-11-14(2)18(15(3)12-13)29(25,26)28-20-22(9-10-23(20)21)17-7-5-16(6-8-17)19(24)27-4/h5-12,20H,21H2,1-4H3. The van der Waals surface area contributed by atoms with Crippen LogP contribution in [0.5, 0.6) is 0 Å². The highest BCUT2D eigenvalue weighted by atomic mass is 32.2. The second-order valence-electron chi connectivity index (χ2n) is 6.80. The Hall–Kier alpha value is -2.88. The van der Waals surface area contributed by atoms with Gasteiger partial charge in [0.1, 0.15) is 4.90 Å². The van der Waals surface area contributed by atoms with E-state index in [1.54, 1.807) is 61.3 Å². The monoisotopic (exact) mass is 417 g/mol. The number of aryl methyl sites for hydroxylation is 3. The molecule has 1 atom stereocenters. The normalized spacial score (nSPS) is 16.4. The molecule has 0 aliphatic carbocycles. The summed E-state index contributed by atoms with van der Waals surface area (Å²) in [4.78, 5) is 13.3. The summed E-state index contributed by atoms with van der Waals surface area (Å²) in [5.74, 6) is 5.47. The number of methoxy groups -OCH3 is 1. The minimum absolute atomic E-state index is 0.129. The van der Waals surface area contributed by atoms with Gasteiger partial charge in [0.05, 0.1) is 12.7 Å². The molecular formula is C20H23N3O5S. The third-order valence-electron chi connectivity index (χ3n) is 4.55. The third kappa shape index (κ3) is 4.12. The van der Waals surface area contributed by atoms with Crippen LogP contribution in [-0.4, -0.2) is 32.9 Å². The Morgan fingerprint density at radius 3 is 2.17 bits per heavy atom. The average Bonchev–Trinajstić information content (AvgIpc) is 3.00. The van der Waals surface area contributed by atoms with Gasteiger partial charge in [-0.2, -0.15) is 8.42 Å². The van der Waals surface area contributed by atoms with Crippen LogP contribution in [-0.2, 0) is 19.0 Å². The van der Waals surface area contributed by atoms with E-state index in [1.807, 2.05) is 6.92 Å². The van der Waals surface area contributed by atoms with E-state index in [0.717, 1.165) is 10.6 Å². The van der Waals surface area contributed by atoms with Crippen molar-refractivity contribution in [1.29, 1.82) is 0 Å². The van der Waals surface area contributed by atoms with E-state index in [2.05, 4.69) is 4.74 Å². The van der Waals surface area contributed by atoms with Gasteiger partial charge < -0.3 is 9.64 Å². The maximum absolute atomic E-state index is 13.0. The number of esters is 1. The smallest absolute Gasteiger partial charge is 0.337 e.